The van der Waals surface area contributed by atoms with Gasteiger partial charge in [0.1, 0.15) is 11.8 Å². The summed E-state index contributed by atoms with van der Waals surface area (Å²) in [5.74, 6) is 1.12. The highest BCUT2D eigenvalue weighted by molar-refractivity contribution is 14.1. The predicted molar refractivity (Wildman–Crippen MR) is 113 cm³/mol. The second-order valence-corrected chi connectivity index (χ2v) is 7.05. The third-order valence-electron chi connectivity index (χ3n) is 3.33. The summed E-state index contributed by atoms with van der Waals surface area (Å²) in [5, 5.41) is 12.6. The molecule has 2 aromatic carbocycles. The number of halogens is 2. The quantitative estimate of drug-likeness (QED) is 0.326. The van der Waals surface area contributed by atoms with E-state index in [1.165, 1.54) is 13.3 Å². The summed E-state index contributed by atoms with van der Waals surface area (Å²) in [6, 6.07) is 10.4. The highest BCUT2D eigenvalue weighted by atomic mass is 127. The predicted octanol–water partition coefficient (Wildman–Crippen LogP) is 3.74. The molecule has 0 atom stereocenters. The Morgan fingerprint density at radius 1 is 1.30 bits per heavy atom. The maximum Gasteiger partial charge on any atom is 0.271 e. The number of hydrogen-bond acceptors (Lipinski definition) is 6. The van der Waals surface area contributed by atoms with Gasteiger partial charge in [-0.1, -0.05) is 0 Å². The number of benzene rings is 2. The van der Waals surface area contributed by atoms with Gasteiger partial charge in [-0.05, 0) is 74.4 Å². The largest absolute Gasteiger partial charge is 0.496 e. The Kier molecular flexibility index (Phi) is 7.87. The fourth-order valence-corrected chi connectivity index (χ4v) is 3.22. The Morgan fingerprint density at radius 3 is 2.70 bits per heavy atom. The van der Waals surface area contributed by atoms with E-state index in [0.29, 0.717) is 32.8 Å². The SMILES string of the molecule is COc1cc(C(=O)N/N=C\c2cc(Br)c(OCC#N)c(OC)c2)ccc1I. The molecule has 0 saturated heterocycles. The van der Waals surface area contributed by atoms with E-state index in [9.17, 15) is 4.79 Å². The van der Waals surface area contributed by atoms with Crippen molar-refractivity contribution >= 4 is 50.6 Å². The topological polar surface area (TPSA) is 92.9 Å². The van der Waals surface area contributed by atoms with Crippen LogP contribution in [0, 0.1) is 14.9 Å². The van der Waals surface area contributed by atoms with Crippen LogP contribution in [-0.2, 0) is 0 Å². The van der Waals surface area contributed by atoms with E-state index in [2.05, 4.69) is 49.0 Å². The molecule has 0 saturated carbocycles. The zero-order valence-corrected chi connectivity index (χ0v) is 18.2. The minimum absolute atomic E-state index is 0.0993. The van der Waals surface area contributed by atoms with Gasteiger partial charge < -0.3 is 14.2 Å². The van der Waals surface area contributed by atoms with Crippen molar-refractivity contribution in [1.82, 2.24) is 5.43 Å². The van der Waals surface area contributed by atoms with E-state index in [0.717, 1.165) is 3.57 Å². The van der Waals surface area contributed by atoms with Crippen molar-refractivity contribution in [3.63, 3.8) is 0 Å². The van der Waals surface area contributed by atoms with Gasteiger partial charge >= 0.3 is 0 Å². The van der Waals surface area contributed by atoms with Gasteiger partial charge in [-0.3, -0.25) is 4.79 Å². The number of ether oxygens (including phenoxy) is 3. The Hall–Kier alpha value is -2.32. The zero-order valence-electron chi connectivity index (χ0n) is 14.5. The molecule has 0 aromatic heterocycles. The fourth-order valence-electron chi connectivity index (χ4n) is 2.09. The van der Waals surface area contributed by atoms with Gasteiger partial charge in [-0.25, -0.2) is 5.43 Å². The smallest absolute Gasteiger partial charge is 0.271 e. The highest BCUT2D eigenvalue weighted by Crippen LogP contribution is 2.36. The third-order valence-corrected chi connectivity index (χ3v) is 4.81. The highest BCUT2D eigenvalue weighted by Gasteiger charge is 2.11. The number of nitrogens with one attached hydrogen (secondary N) is 1. The molecule has 0 radical (unpaired) electrons. The molecule has 9 heteroatoms. The molecule has 1 N–H and O–H groups in total. The number of rotatable bonds is 7. The zero-order chi connectivity index (χ0) is 19.8. The molecule has 0 spiro atoms. The van der Waals surface area contributed by atoms with Gasteiger partial charge in [0, 0.05) is 5.56 Å². The lowest BCUT2D eigenvalue weighted by Gasteiger charge is -2.11. The first-order chi connectivity index (χ1) is 13.0. The van der Waals surface area contributed by atoms with Gasteiger partial charge in [0.2, 0.25) is 0 Å². The van der Waals surface area contributed by atoms with Gasteiger partial charge in [-0.2, -0.15) is 10.4 Å². The van der Waals surface area contributed by atoms with E-state index in [1.54, 1.807) is 37.4 Å². The van der Waals surface area contributed by atoms with Crippen LogP contribution in [0.1, 0.15) is 15.9 Å². The summed E-state index contributed by atoms with van der Waals surface area (Å²) in [5.41, 5.74) is 3.57. The number of carbonyl (C=O) groups is 1. The van der Waals surface area contributed by atoms with Crippen LogP contribution in [-0.4, -0.2) is 32.9 Å². The molecule has 0 aliphatic rings. The molecule has 0 aliphatic carbocycles. The van der Waals surface area contributed by atoms with Crippen LogP contribution in [0.3, 0.4) is 0 Å². The number of carbonyl (C=O) groups excluding carboxylic acids is 1. The standard InChI is InChI=1S/C18H15BrIN3O4/c1-25-15-9-12(3-4-14(15)20)18(24)23-22-10-11-7-13(19)17(27-6-5-21)16(8-11)26-2/h3-4,7-10H,6H2,1-2H3,(H,23,24)/b22-10-. The van der Waals surface area contributed by atoms with Crippen LogP contribution in [0.25, 0.3) is 0 Å². The number of nitriles is 1. The molecule has 2 rings (SSSR count). The average Bonchev–Trinajstić information content (AvgIpc) is 2.67. The van der Waals surface area contributed by atoms with Crippen LogP contribution in [0.4, 0.5) is 0 Å². The van der Waals surface area contributed by atoms with Crippen molar-refractivity contribution in [3.8, 4) is 23.3 Å². The first-order valence-electron chi connectivity index (χ1n) is 7.54. The molecule has 1 amide bonds. The number of amides is 1. The van der Waals surface area contributed by atoms with Crippen LogP contribution in [0.5, 0.6) is 17.2 Å². The molecular weight excluding hydrogens is 529 g/mol. The molecule has 7 nitrogen and oxygen atoms in total. The molecule has 140 valence electrons. The van der Waals surface area contributed by atoms with Crippen LogP contribution >= 0.6 is 38.5 Å². The van der Waals surface area contributed by atoms with Crippen molar-refractivity contribution in [2.24, 2.45) is 5.10 Å². The van der Waals surface area contributed by atoms with E-state index < -0.39 is 0 Å². The normalized spacial score (nSPS) is 10.3. The molecule has 0 unspecified atom stereocenters. The summed E-state index contributed by atoms with van der Waals surface area (Å²) >= 11 is 5.50. The van der Waals surface area contributed by atoms with E-state index in [1.807, 2.05) is 6.07 Å². The lowest BCUT2D eigenvalue weighted by atomic mass is 10.2. The molecule has 27 heavy (non-hydrogen) atoms. The van der Waals surface area contributed by atoms with Gasteiger partial charge in [0.25, 0.3) is 5.91 Å². The van der Waals surface area contributed by atoms with Crippen molar-refractivity contribution in [2.45, 2.75) is 0 Å². The van der Waals surface area contributed by atoms with E-state index >= 15 is 0 Å². The van der Waals surface area contributed by atoms with Crippen molar-refractivity contribution in [1.29, 1.82) is 5.26 Å². The van der Waals surface area contributed by atoms with Gasteiger partial charge in [0.15, 0.2) is 18.1 Å². The second-order valence-electron chi connectivity index (χ2n) is 5.03. The molecular formula is C18H15BrIN3O4. The summed E-state index contributed by atoms with van der Waals surface area (Å²) in [4.78, 5) is 12.2. The van der Waals surface area contributed by atoms with Gasteiger partial charge in [0.05, 0.1) is 28.5 Å². The second kappa shape index (κ2) is 10.1. The summed E-state index contributed by atoms with van der Waals surface area (Å²) in [7, 11) is 3.04. The average molecular weight is 544 g/mol. The van der Waals surface area contributed by atoms with Crippen LogP contribution < -0.4 is 19.6 Å². The Bertz CT molecular complexity index is 912. The van der Waals surface area contributed by atoms with E-state index in [-0.39, 0.29) is 12.5 Å². The monoisotopic (exact) mass is 543 g/mol. The van der Waals surface area contributed by atoms with Crippen molar-refractivity contribution in [2.75, 3.05) is 20.8 Å². The van der Waals surface area contributed by atoms with Crippen LogP contribution in [0.2, 0.25) is 0 Å². The molecule has 0 bridgehead atoms. The summed E-state index contributed by atoms with van der Waals surface area (Å²) in [6.07, 6.45) is 1.48. The molecule has 0 fully saturated rings. The third kappa shape index (κ3) is 5.58. The minimum atomic E-state index is -0.360. The lowest BCUT2D eigenvalue weighted by molar-refractivity contribution is 0.0954. The first kappa shape index (κ1) is 21.0. The fraction of sp³-hybridized carbons (Fsp3) is 0.167. The molecule has 2 aromatic rings. The van der Waals surface area contributed by atoms with Crippen LogP contribution in [0.15, 0.2) is 39.9 Å². The Morgan fingerprint density at radius 2 is 2.04 bits per heavy atom. The number of methoxy groups -OCH3 is 2. The first-order valence-corrected chi connectivity index (χ1v) is 9.41. The number of hydrogen-bond donors (Lipinski definition) is 1. The maximum atomic E-state index is 12.2. The molecule has 0 heterocycles. The van der Waals surface area contributed by atoms with Gasteiger partial charge in [-0.15, -0.1) is 0 Å². The Balaban J connectivity index is 2.13. The van der Waals surface area contributed by atoms with Crippen molar-refractivity contribution in [3.05, 3.63) is 49.5 Å². The summed E-state index contributed by atoms with van der Waals surface area (Å²) in [6.45, 7) is -0.0993. The summed E-state index contributed by atoms with van der Waals surface area (Å²) < 4.78 is 17.3. The van der Waals surface area contributed by atoms with Crippen molar-refractivity contribution < 1.29 is 19.0 Å². The maximum absolute atomic E-state index is 12.2. The molecule has 0 aliphatic heterocycles. The Labute approximate surface area is 178 Å². The minimum Gasteiger partial charge on any atom is -0.496 e. The number of nitrogens with zero attached hydrogens (tertiary/aromatic N) is 2. The number of hydrazone groups is 1. The van der Waals surface area contributed by atoms with E-state index in [4.69, 9.17) is 19.5 Å². The lowest BCUT2D eigenvalue weighted by Crippen LogP contribution is -2.17.